The van der Waals surface area contributed by atoms with E-state index in [4.69, 9.17) is 31.7 Å². The predicted molar refractivity (Wildman–Crippen MR) is 88.0 cm³/mol. The molecule has 0 saturated carbocycles. The molecular weight excluding hydrogens is 334 g/mol. The van der Waals surface area contributed by atoms with Crippen LogP contribution >= 0.6 is 28.6 Å². The number of esters is 1. The van der Waals surface area contributed by atoms with Gasteiger partial charge in [0, 0.05) is 5.57 Å². The fourth-order valence-corrected chi connectivity index (χ4v) is 2.48. The monoisotopic (exact) mass is 358 g/mol. The summed E-state index contributed by atoms with van der Waals surface area (Å²) in [4.78, 5) is 11.1. The molecule has 4 nitrogen and oxygen atoms in total. The van der Waals surface area contributed by atoms with Crippen molar-refractivity contribution in [1.82, 2.24) is 0 Å². The molecule has 0 aliphatic rings. The Kier molecular flexibility index (Phi) is 12.5. The maximum absolute atomic E-state index is 11.1. The molecule has 0 spiro atoms. The average Bonchev–Trinajstić information content (AvgIpc) is 2.38. The van der Waals surface area contributed by atoms with Gasteiger partial charge >= 0.3 is 12.0 Å². The van der Waals surface area contributed by atoms with E-state index in [0.717, 1.165) is 44.9 Å². The van der Waals surface area contributed by atoms with Crippen molar-refractivity contribution in [3.05, 3.63) is 12.2 Å². The van der Waals surface area contributed by atoms with Gasteiger partial charge in [-0.25, -0.2) is 4.79 Å². The normalized spacial score (nSPS) is 11.4. The van der Waals surface area contributed by atoms with Crippen LogP contribution in [0, 0.1) is 0 Å². The number of rotatable bonds is 13. The Balaban J connectivity index is 3.18. The van der Waals surface area contributed by atoms with Crippen LogP contribution in [-0.4, -0.2) is 19.2 Å². The predicted octanol–water partition coefficient (Wildman–Crippen LogP) is 5.83. The Morgan fingerprint density at radius 2 is 1.38 bits per heavy atom. The summed E-state index contributed by atoms with van der Waals surface area (Å²) in [6.07, 6.45) is 5.02. The fraction of sp³-hybridized carbons (Fsp3) is 0.786. The zero-order chi connectivity index (χ0) is 16.1. The SMILES string of the molecule is C=C(C)C(=O)OCCCCCCCCCCOP(=O)(Cl)Cl. The van der Waals surface area contributed by atoms with E-state index in [1.165, 1.54) is 6.42 Å². The summed E-state index contributed by atoms with van der Waals surface area (Å²) in [5, 5.41) is 0. The van der Waals surface area contributed by atoms with Crippen LogP contribution in [0.3, 0.4) is 0 Å². The molecule has 0 unspecified atom stereocenters. The summed E-state index contributed by atoms with van der Waals surface area (Å²) in [6, 6.07) is 0. The van der Waals surface area contributed by atoms with Crippen molar-refractivity contribution in [2.24, 2.45) is 0 Å². The molecule has 0 saturated heterocycles. The van der Waals surface area contributed by atoms with Crippen molar-refractivity contribution in [3.63, 3.8) is 0 Å². The van der Waals surface area contributed by atoms with Gasteiger partial charge in [0.15, 0.2) is 0 Å². The van der Waals surface area contributed by atoms with E-state index >= 15 is 0 Å². The number of carbonyl (C=O) groups excluding carboxylic acids is 1. The highest BCUT2D eigenvalue weighted by Crippen LogP contribution is 2.57. The second-order valence-corrected chi connectivity index (χ2v) is 9.27. The van der Waals surface area contributed by atoms with Crippen molar-refractivity contribution in [2.45, 2.75) is 58.3 Å². The van der Waals surface area contributed by atoms with Gasteiger partial charge < -0.3 is 9.26 Å². The number of hydrogen-bond donors (Lipinski definition) is 0. The van der Waals surface area contributed by atoms with E-state index in [2.05, 4.69) is 6.58 Å². The van der Waals surface area contributed by atoms with Gasteiger partial charge in [-0.05, 0) is 42.2 Å². The zero-order valence-corrected chi connectivity index (χ0v) is 15.0. The highest BCUT2D eigenvalue weighted by atomic mass is 35.9. The Morgan fingerprint density at radius 1 is 0.952 bits per heavy atom. The molecule has 124 valence electrons. The molecule has 0 atom stereocenters. The first-order chi connectivity index (χ1) is 9.83. The Morgan fingerprint density at radius 3 is 1.81 bits per heavy atom. The third-order valence-electron chi connectivity index (χ3n) is 2.86. The minimum absolute atomic E-state index is 0.310. The van der Waals surface area contributed by atoms with Crippen molar-refractivity contribution >= 4 is 34.5 Å². The van der Waals surface area contributed by atoms with E-state index in [1.807, 2.05) is 0 Å². The number of halogens is 2. The largest absolute Gasteiger partial charge is 0.462 e. The molecule has 7 heteroatoms. The van der Waals surface area contributed by atoms with E-state index in [1.54, 1.807) is 6.92 Å². The highest BCUT2D eigenvalue weighted by Gasteiger charge is 2.12. The van der Waals surface area contributed by atoms with Crippen LogP contribution in [0.15, 0.2) is 12.2 Å². The Bertz CT molecular complexity index is 355. The van der Waals surface area contributed by atoms with E-state index < -0.39 is 6.07 Å². The van der Waals surface area contributed by atoms with Crippen molar-refractivity contribution in [2.75, 3.05) is 13.2 Å². The molecule has 0 aromatic carbocycles. The van der Waals surface area contributed by atoms with Gasteiger partial charge in [-0.3, -0.25) is 4.57 Å². The lowest BCUT2D eigenvalue weighted by atomic mass is 10.1. The molecule has 0 rings (SSSR count). The number of ether oxygens (including phenoxy) is 1. The lowest BCUT2D eigenvalue weighted by Crippen LogP contribution is -2.05. The minimum atomic E-state index is -3.35. The van der Waals surface area contributed by atoms with Crippen molar-refractivity contribution < 1.29 is 18.6 Å². The molecule has 0 radical (unpaired) electrons. The van der Waals surface area contributed by atoms with Gasteiger partial charge in [-0.15, -0.1) is 0 Å². The third-order valence-corrected chi connectivity index (χ3v) is 3.93. The van der Waals surface area contributed by atoms with Crippen LogP contribution < -0.4 is 0 Å². The smallest absolute Gasteiger partial charge is 0.380 e. The molecule has 0 aliphatic heterocycles. The molecular formula is C14H25Cl2O4P. The summed E-state index contributed by atoms with van der Waals surface area (Å²) in [5.41, 5.74) is 0.443. The molecule has 0 aromatic rings. The third kappa shape index (κ3) is 16.2. The summed E-state index contributed by atoms with van der Waals surface area (Å²) in [5.74, 6) is -0.310. The summed E-state index contributed by atoms with van der Waals surface area (Å²) in [7, 11) is 0. The molecule has 0 aromatic heterocycles. The molecule has 0 fully saturated rings. The van der Waals surface area contributed by atoms with E-state index in [0.29, 0.717) is 18.8 Å². The summed E-state index contributed by atoms with van der Waals surface area (Å²) >= 11 is 10.5. The highest BCUT2D eigenvalue weighted by molar-refractivity contribution is 8.05. The lowest BCUT2D eigenvalue weighted by molar-refractivity contribution is -0.139. The van der Waals surface area contributed by atoms with Crippen molar-refractivity contribution in [3.8, 4) is 0 Å². The molecule has 0 amide bonds. The van der Waals surface area contributed by atoms with Gasteiger partial charge in [-0.1, -0.05) is 45.1 Å². The fourth-order valence-electron chi connectivity index (χ4n) is 1.72. The quantitative estimate of drug-likeness (QED) is 0.180. The molecule has 21 heavy (non-hydrogen) atoms. The van der Waals surface area contributed by atoms with Crippen LogP contribution in [0.5, 0.6) is 0 Å². The Labute approximate surface area is 137 Å². The summed E-state index contributed by atoms with van der Waals surface area (Å²) in [6.45, 7) is 5.99. The first-order valence-electron chi connectivity index (χ1n) is 7.29. The summed E-state index contributed by atoms with van der Waals surface area (Å²) < 4.78 is 20.6. The first-order valence-corrected chi connectivity index (χ1v) is 10.7. The van der Waals surface area contributed by atoms with Crippen LogP contribution in [-0.2, 0) is 18.6 Å². The average molecular weight is 359 g/mol. The Hall–Kier alpha value is -0.0200. The number of hydrogen-bond acceptors (Lipinski definition) is 4. The van der Waals surface area contributed by atoms with Gasteiger partial charge in [0.25, 0.3) is 0 Å². The lowest BCUT2D eigenvalue weighted by Gasteiger charge is -2.05. The van der Waals surface area contributed by atoms with Crippen LogP contribution in [0.1, 0.15) is 58.3 Å². The molecule has 0 aliphatic carbocycles. The van der Waals surface area contributed by atoms with Gasteiger partial charge in [-0.2, -0.15) is 0 Å². The van der Waals surface area contributed by atoms with E-state index in [9.17, 15) is 9.36 Å². The van der Waals surface area contributed by atoms with Gasteiger partial charge in [0.05, 0.1) is 13.2 Å². The maximum atomic E-state index is 11.1. The van der Waals surface area contributed by atoms with Crippen LogP contribution in [0.2, 0.25) is 0 Å². The van der Waals surface area contributed by atoms with Crippen molar-refractivity contribution in [1.29, 1.82) is 0 Å². The standard InChI is InChI=1S/C14H25Cl2O4P/c1-13(2)14(17)19-11-9-7-5-3-4-6-8-10-12-20-21(15,16)18/h1,3-12H2,2H3. The first kappa shape index (κ1) is 21.0. The second-order valence-electron chi connectivity index (χ2n) is 4.99. The zero-order valence-electron chi connectivity index (χ0n) is 12.6. The molecule has 0 heterocycles. The second kappa shape index (κ2) is 12.5. The van der Waals surface area contributed by atoms with Gasteiger partial charge in [0.1, 0.15) is 0 Å². The van der Waals surface area contributed by atoms with Crippen LogP contribution in [0.4, 0.5) is 0 Å². The number of carbonyl (C=O) groups is 1. The molecule has 0 N–H and O–H groups in total. The molecule has 0 bridgehead atoms. The number of unbranched alkanes of at least 4 members (excludes halogenated alkanes) is 7. The minimum Gasteiger partial charge on any atom is -0.462 e. The van der Waals surface area contributed by atoms with Crippen LogP contribution in [0.25, 0.3) is 0 Å². The maximum Gasteiger partial charge on any atom is 0.380 e. The van der Waals surface area contributed by atoms with Gasteiger partial charge in [0.2, 0.25) is 0 Å². The topological polar surface area (TPSA) is 52.6 Å². The van der Waals surface area contributed by atoms with E-state index in [-0.39, 0.29) is 5.97 Å².